The predicted octanol–water partition coefficient (Wildman–Crippen LogP) is 3.93. The Labute approximate surface area is 135 Å². The smallest absolute Gasteiger partial charge is 0.199 e. The van der Waals surface area contributed by atoms with E-state index in [-0.39, 0.29) is 10.8 Å². The second-order valence-corrected chi connectivity index (χ2v) is 5.46. The van der Waals surface area contributed by atoms with Crippen LogP contribution in [-0.2, 0) is 0 Å². The van der Waals surface area contributed by atoms with E-state index in [1.54, 1.807) is 30.3 Å². The Morgan fingerprint density at radius 1 is 1.24 bits per heavy atom. The Hall–Kier alpha value is -1.72. The first kappa shape index (κ1) is 15.7. The molecule has 0 unspecified atom stereocenters. The molecule has 2 N–H and O–H groups in total. The molecule has 0 saturated carbocycles. The van der Waals surface area contributed by atoms with Gasteiger partial charge in [-0.3, -0.25) is 4.79 Å². The first-order valence-corrected chi connectivity index (χ1v) is 7.17. The highest BCUT2D eigenvalue weighted by molar-refractivity contribution is 9.10. The maximum absolute atomic E-state index is 12.7. The summed E-state index contributed by atoms with van der Waals surface area (Å²) in [4.78, 5) is 12.7. The summed E-state index contributed by atoms with van der Waals surface area (Å²) in [5.41, 5.74) is 6.78. The number of rotatable bonds is 4. The highest BCUT2D eigenvalue weighted by Gasteiger charge is 2.22. The summed E-state index contributed by atoms with van der Waals surface area (Å²) in [6.07, 6.45) is 0. The van der Waals surface area contributed by atoms with Gasteiger partial charge in [-0.2, -0.15) is 0 Å². The van der Waals surface area contributed by atoms with Crippen LogP contribution in [0.1, 0.15) is 15.9 Å². The van der Waals surface area contributed by atoms with Gasteiger partial charge in [-0.1, -0.05) is 17.7 Å². The number of benzene rings is 2. The monoisotopic (exact) mass is 369 g/mol. The summed E-state index contributed by atoms with van der Waals surface area (Å²) in [7, 11) is 3.02. The topological polar surface area (TPSA) is 61.5 Å². The van der Waals surface area contributed by atoms with Crippen LogP contribution < -0.4 is 15.2 Å². The summed E-state index contributed by atoms with van der Waals surface area (Å²) in [5, 5.41) is 0.229. The molecule has 2 aromatic carbocycles. The van der Waals surface area contributed by atoms with Crippen LogP contribution in [-0.4, -0.2) is 20.0 Å². The lowest BCUT2D eigenvalue weighted by Crippen LogP contribution is -2.07. The molecular formula is C15H13BrClNO3. The molecule has 0 radical (unpaired) electrons. The number of carbonyl (C=O) groups excluding carboxylic acids is 1. The van der Waals surface area contributed by atoms with Crippen molar-refractivity contribution >= 4 is 39.0 Å². The van der Waals surface area contributed by atoms with E-state index in [9.17, 15) is 4.79 Å². The Bertz CT molecular complexity index is 704. The van der Waals surface area contributed by atoms with Gasteiger partial charge in [0, 0.05) is 16.1 Å². The van der Waals surface area contributed by atoms with Gasteiger partial charge in [0.05, 0.1) is 30.5 Å². The summed E-state index contributed by atoms with van der Waals surface area (Å²) in [5.74, 6) is 0.692. The predicted molar refractivity (Wildman–Crippen MR) is 86.5 cm³/mol. The number of methoxy groups -OCH3 is 2. The third kappa shape index (κ3) is 2.99. The third-order valence-corrected chi connectivity index (χ3v) is 4.03. The van der Waals surface area contributed by atoms with Crippen molar-refractivity contribution in [3.63, 3.8) is 0 Å². The molecule has 0 aliphatic carbocycles. The van der Waals surface area contributed by atoms with Crippen molar-refractivity contribution in [1.82, 2.24) is 0 Å². The largest absolute Gasteiger partial charge is 0.497 e. The van der Waals surface area contributed by atoms with Gasteiger partial charge in [-0.15, -0.1) is 0 Å². The van der Waals surface area contributed by atoms with E-state index in [2.05, 4.69) is 15.9 Å². The van der Waals surface area contributed by atoms with Crippen LogP contribution in [0.25, 0.3) is 0 Å². The van der Waals surface area contributed by atoms with Gasteiger partial charge in [-0.25, -0.2) is 0 Å². The zero-order chi connectivity index (χ0) is 15.6. The maximum Gasteiger partial charge on any atom is 0.199 e. The van der Waals surface area contributed by atoms with Crippen molar-refractivity contribution in [2.45, 2.75) is 0 Å². The fraction of sp³-hybridized carbons (Fsp3) is 0.133. The SMILES string of the molecule is COc1cc(Br)c(C(=O)c2cccc(N)c2Cl)c(OC)c1. The van der Waals surface area contributed by atoms with Crippen LogP contribution in [0.5, 0.6) is 11.5 Å². The minimum absolute atomic E-state index is 0.229. The summed E-state index contributed by atoms with van der Waals surface area (Å²) < 4.78 is 11.0. The first-order valence-electron chi connectivity index (χ1n) is 5.99. The second kappa shape index (κ2) is 6.37. The number of hydrogen-bond acceptors (Lipinski definition) is 4. The minimum Gasteiger partial charge on any atom is -0.497 e. The Balaban J connectivity index is 2.60. The molecule has 4 nitrogen and oxygen atoms in total. The Kier molecular flexibility index (Phi) is 4.75. The summed E-state index contributed by atoms with van der Waals surface area (Å²) in [6, 6.07) is 8.27. The van der Waals surface area contributed by atoms with Crippen molar-refractivity contribution in [2.24, 2.45) is 0 Å². The number of halogens is 2. The minimum atomic E-state index is -0.279. The molecule has 0 aliphatic rings. The van der Waals surface area contributed by atoms with Crippen molar-refractivity contribution in [1.29, 1.82) is 0 Å². The third-order valence-electron chi connectivity index (χ3n) is 2.98. The van der Waals surface area contributed by atoms with E-state index in [4.69, 9.17) is 26.8 Å². The molecule has 0 heterocycles. The number of anilines is 1. The van der Waals surface area contributed by atoms with Crippen molar-refractivity contribution < 1.29 is 14.3 Å². The lowest BCUT2D eigenvalue weighted by atomic mass is 10.0. The molecule has 0 saturated heterocycles. The summed E-state index contributed by atoms with van der Waals surface area (Å²) in [6.45, 7) is 0. The number of nitrogens with two attached hydrogens (primary N) is 1. The molecule has 0 spiro atoms. The van der Waals surface area contributed by atoms with Crippen LogP contribution >= 0.6 is 27.5 Å². The number of hydrogen-bond donors (Lipinski definition) is 1. The van der Waals surface area contributed by atoms with Crippen LogP contribution in [0.3, 0.4) is 0 Å². The number of nitrogen functional groups attached to an aromatic ring is 1. The number of carbonyl (C=O) groups is 1. The average Bonchev–Trinajstić information content (AvgIpc) is 2.48. The van der Waals surface area contributed by atoms with Gasteiger partial charge in [0.2, 0.25) is 0 Å². The molecular weight excluding hydrogens is 358 g/mol. The molecule has 0 amide bonds. The summed E-state index contributed by atoms with van der Waals surface area (Å²) >= 11 is 9.48. The number of ether oxygens (including phenoxy) is 2. The van der Waals surface area contributed by atoms with E-state index in [1.807, 2.05) is 0 Å². The Morgan fingerprint density at radius 2 is 1.95 bits per heavy atom. The molecule has 0 aliphatic heterocycles. The highest BCUT2D eigenvalue weighted by Crippen LogP contribution is 2.36. The fourth-order valence-electron chi connectivity index (χ4n) is 1.92. The van der Waals surface area contributed by atoms with Gasteiger partial charge < -0.3 is 15.2 Å². The zero-order valence-corrected chi connectivity index (χ0v) is 13.8. The quantitative estimate of drug-likeness (QED) is 0.654. The van der Waals surface area contributed by atoms with E-state index in [0.717, 1.165) is 0 Å². The van der Waals surface area contributed by atoms with Gasteiger partial charge in [0.15, 0.2) is 5.78 Å². The van der Waals surface area contributed by atoms with Crippen LogP contribution in [0, 0.1) is 0 Å². The average molecular weight is 371 g/mol. The molecule has 6 heteroatoms. The first-order chi connectivity index (χ1) is 9.99. The molecule has 2 rings (SSSR count). The van der Waals surface area contributed by atoms with Crippen LogP contribution in [0.2, 0.25) is 5.02 Å². The molecule has 0 fully saturated rings. The maximum atomic E-state index is 12.7. The van der Waals surface area contributed by atoms with Gasteiger partial charge in [0.1, 0.15) is 11.5 Å². The second-order valence-electron chi connectivity index (χ2n) is 4.22. The van der Waals surface area contributed by atoms with Gasteiger partial charge in [-0.05, 0) is 34.1 Å². The molecule has 0 atom stereocenters. The van der Waals surface area contributed by atoms with Gasteiger partial charge in [0.25, 0.3) is 0 Å². The van der Waals surface area contributed by atoms with E-state index in [1.165, 1.54) is 14.2 Å². The molecule has 110 valence electrons. The highest BCUT2D eigenvalue weighted by atomic mass is 79.9. The molecule has 0 bridgehead atoms. The van der Waals surface area contributed by atoms with Crippen LogP contribution in [0.4, 0.5) is 5.69 Å². The Morgan fingerprint density at radius 3 is 2.57 bits per heavy atom. The van der Waals surface area contributed by atoms with Gasteiger partial charge >= 0.3 is 0 Å². The van der Waals surface area contributed by atoms with E-state index < -0.39 is 0 Å². The molecule has 0 aromatic heterocycles. The normalized spacial score (nSPS) is 10.3. The lowest BCUT2D eigenvalue weighted by Gasteiger charge is -2.13. The number of ketones is 1. The van der Waals surface area contributed by atoms with Crippen molar-refractivity contribution in [3.8, 4) is 11.5 Å². The lowest BCUT2D eigenvalue weighted by molar-refractivity contribution is 0.103. The fourth-order valence-corrected chi connectivity index (χ4v) is 2.73. The van der Waals surface area contributed by atoms with Crippen molar-refractivity contribution in [2.75, 3.05) is 20.0 Å². The molecule has 21 heavy (non-hydrogen) atoms. The standard InChI is InChI=1S/C15H13BrClNO3/c1-20-8-6-10(16)13(12(7-8)21-2)15(19)9-4-3-5-11(18)14(9)17/h3-7H,18H2,1-2H3. The van der Waals surface area contributed by atoms with E-state index >= 15 is 0 Å². The zero-order valence-electron chi connectivity index (χ0n) is 11.4. The van der Waals surface area contributed by atoms with E-state index in [0.29, 0.717) is 32.8 Å². The van der Waals surface area contributed by atoms with Crippen molar-refractivity contribution in [3.05, 3.63) is 51.0 Å². The van der Waals surface area contributed by atoms with Crippen LogP contribution in [0.15, 0.2) is 34.8 Å². The molecule has 2 aromatic rings.